The molecule has 1 aliphatic rings. The largest absolute Gasteiger partial charge is 0.493 e. The molecule has 1 heterocycles. The Morgan fingerprint density at radius 3 is 2.36 bits per heavy atom. The van der Waals surface area contributed by atoms with Gasteiger partial charge in [-0.1, -0.05) is 0 Å². The molecule has 0 saturated carbocycles. The summed E-state index contributed by atoms with van der Waals surface area (Å²) >= 11 is 0. The number of aromatic carboxylic acids is 1. The molecule has 0 amide bonds. The summed E-state index contributed by atoms with van der Waals surface area (Å²) in [4.78, 5) is 11.1. The van der Waals surface area contributed by atoms with Crippen LogP contribution in [0.2, 0.25) is 0 Å². The lowest BCUT2D eigenvalue weighted by Crippen LogP contribution is -2.60. The van der Waals surface area contributed by atoms with Gasteiger partial charge in [0.25, 0.3) is 0 Å². The minimum Gasteiger partial charge on any atom is -0.493 e. The Balaban J connectivity index is 2.36. The van der Waals surface area contributed by atoms with Crippen molar-refractivity contribution in [1.29, 1.82) is 0 Å². The van der Waals surface area contributed by atoms with Gasteiger partial charge in [0.15, 0.2) is 11.5 Å². The van der Waals surface area contributed by atoms with Crippen molar-refractivity contribution >= 4 is 5.97 Å². The Kier molecular flexibility index (Phi) is 6.16. The summed E-state index contributed by atoms with van der Waals surface area (Å²) in [5, 5.41) is 57.3. The van der Waals surface area contributed by atoms with Crippen LogP contribution >= 0.6 is 0 Å². The zero-order valence-electron chi connectivity index (χ0n) is 13.3. The fraction of sp³-hybridized carbons (Fsp3) is 0.533. The average molecular weight is 360 g/mol. The summed E-state index contributed by atoms with van der Waals surface area (Å²) in [6, 6.07) is 2.31. The molecule has 1 fully saturated rings. The van der Waals surface area contributed by atoms with E-state index in [1.165, 1.54) is 7.11 Å². The van der Waals surface area contributed by atoms with Crippen molar-refractivity contribution in [2.45, 2.75) is 37.3 Å². The van der Waals surface area contributed by atoms with Crippen LogP contribution in [0.3, 0.4) is 0 Å². The highest BCUT2D eigenvalue weighted by Gasteiger charge is 2.45. The second-order valence-corrected chi connectivity index (χ2v) is 5.45. The van der Waals surface area contributed by atoms with Gasteiger partial charge in [-0.2, -0.15) is 0 Å². The molecule has 0 aliphatic carbocycles. The third kappa shape index (κ3) is 3.84. The van der Waals surface area contributed by atoms with Crippen LogP contribution < -0.4 is 9.47 Å². The SMILES string of the molecule is COc1cc(C(=O)O)cc(CO)c1O[C@@H]1O[C@H](CO)[C@@H](O)[C@H](O)[C@H]1O. The van der Waals surface area contributed by atoms with Gasteiger partial charge in [0, 0.05) is 5.56 Å². The summed E-state index contributed by atoms with van der Waals surface area (Å²) in [7, 11) is 1.25. The van der Waals surface area contributed by atoms with Gasteiger partial charge in [-0.3, -0.25) is 0 Å². The summed E-state index contributed by atoms with van der Waals surface area (Å²) in [5.74, 6) is -1.38. The van der Waals surface area contributed by atoms with E-state index >= 15 is 0 Å². The van der Waals surface area contributed by atoms with Crippen LogP contribution in [0.25, 0.3) is 0 Å². The van der Waals surface area contributed by atoms with E-state index in [1.54, 1.807) is 0 Å². The first-order chi connectivity index (χ1) is 11.8. The number of benzene rings is 1. The lowest BCUT2D eigenvalue weighted by Gasteiger charge is -2.39. The van der Waals surface area contributed by atoms with Gasteiger partial charge in [0.2, 0.25) is 6.29 Å². The van der Waals surface area contributed by atoms with E-state index in [1.807, 2.05) is 0 Å². The molecule has 0 spiro atoms. The van der Waals surface area contributed by atoms with E-state index in [-0.39, 0.29) is 22.6 Å². The standard InChI is InChI=1S/C15H20O10/c1-23-8-3-6(14(21)22)2-7(4-16)13(8)25-15-12(20)11(19)10(18)9(5-17)24-15/h2-3,9-12,15-20H,4-5H2,1H3,(H,21,22)/t9-,10-,11+,12-,15+/m1/s1. The van der Waals surface area contributed by atoms with Crippen molar-refractivity contribution < 1.29 is 49.6 Å². The van der Waals surface area contributed by atoms with Crippen LogP contribution in [0, 0.1) is 0 Å². The predicted molar refractivity (Wildman–Crippen MR) is 80.3 cm³/mol. The minimum atomic E-state index is -1.66. The van der Waals surface area contributed by atoms with E-state index in [0.29, 0.717) is 0 Å². The number of ether oxygens (including phenoxy) is 3. The van der Waals surface area contributed by atoms with Crippen LogP contribution in [-0.4, -0.2) is 81.0 Å². The summed E-state index contributed by atoms with van der Waals surface area (Å²) in [6.45, 7) is -1.23. The third-order valence-electron chi connectivity index (χ3n) is 3.85. The van der Waals surface area contributed by atoms with Crippen molar-refractivity contribution in [2.24, 2.45) is 0 Å². The van der Waals surface area contributed by atoms with Crippen LogP contribution in [0.5, 0.6) is 11.5 Å². The molecule has 0 aromatic heterocycles. The van der Waals surface area contributed by atoms with Crippen molar-refractivity contribution in [3.8, 4) is 11.5 Å². The highest BCUT2D eigenvalue weighted by atomic mass is 16.7. The van der Waals surface area contributed by atoms with Crippen LogP contribution in [0.15, 0.2) is 12.1 Å². The van der Waals surface area contributed by atoms with Gasteiger partial charge in [-0.05, 0) is 12.1 Å². The zero-order chi connectivity index (χ0) is 18.7. The molecule has 1 aliphatic heterocycles. The monoisotopic (exact) mass is 360 g/mol. The first kappa shape index (κ1) is 19.4. The van der Waals surface area contributed by atoms with Gasteiger partial charge >= 0.3 is 5.97 Å². The van der Waals surface area contributed by atoms with Crippen molar-refractivity contribution in [3.63, 3.8) is 0 Å². The van der Waals surface area contributed by atoms with Crippen molar-refractivity contribution in [1.82, 2.24) is 0 Å². The number of methoxy groups -OCH3 is 1. The quantitative estimate of drug-likeness (QED) is 0.336. The molecule has 1 saturated heterocycles. The van der Waals surface area contributed by atoms with Crippen LogP contribution in [0.1, 0.15) is 15.9 Å². The Morgan fingerprint density at radius 1 is 1.16 bits per heavy atom. The lowest BCUT2D eigenvalue weighted by atomic mass is 9.99. The summed E-state index contributed by atoms with van der Waals surface area (Å²) in [6.07, 6.45) is -7.52. The Morgan fingerprint density at radius 2 is 1.84 bits per heavy atom. The summed E-state index contributed by atoms with van der Waals surface area (Å²) < 4.78 is 15.7. The van der Waals surface area contributed by atoms with E-state index in [4.69, 9.17) is 19.3 Å². The number of aliphatic hydroxyl groups is 5. The molecule has 10 nitrogen and oxygen atoms in total. The number of carboxylic acid groups (broad SMARTS) is 1. The van der Waals surface area contributed by atoms with Gasteiger partial charge in [-0.25, -0.2) is 4.79 Å². The molecule has 10 heteroatoms. The van der Waals surface area contributed by atoms with E-state index in [2.05, 4.69) is 0 Å². The normalized spacial score (nSPS) is 29.3. The first-order valence-corrected chi connectivity index (χ1v) is 7.36. The van der Waals surface area contributed by atoms with Crippen LogP contribution in [0.4, 0.5) is 0 Å². The minimum absolute atomic E-state index is 0.0408. The zero-order valence-corrected chi connectivity index (χ0v) is 13.3. The number of aliphatic hydroxyl groups excluding tert-OH is 5. The average Bonchev–Trinajstić information content (AvgIpc) is 2.61. The molecule has 2 rings (SSSR count). The second-order valence-electron chi connectivity index (χ2n) is 5.45. The molecule has 0 unspecified atom stereocenters. The number of rotatable bonds is 6. The van der Waals surface area contributed by atoms with Gasteiger partial charge in [0.1, 0.15) is 24.4 Å². The number of hydrogen-bond acceptors (Lipinski definition) is 9. The molecule has 0 radical (unpaired) electrons. The maximum atomic E-state index is 11.1. The van der Waals surface area contributed by atoms with E-state index in [9.17, 15) is 30.3 Å². The molecule has 1 aromatic rings. The van der Waals surface area contributed by atoms with E-state index < -0.39 is 49.9 Å². The van der Waals surface area contributed by atoms with E-state index in [0.717, 1.165) is 12.1 Å². The van der Waals surface area contributed by atoms with Crippen molar-refractivity contribution in [3.05, 3.63) is 23.3 Å². The molecular weight excluding hydrogens is 340 g/mol. The highest BCUT2D eigenvalue weighted by Crippen LogP contribution is 2.36. The molecule has 6 N–H and O–H groups in total. The lowest BCUT2D eigenvalue weighted by molar-refractivity contribution is -0.277. The number of carboxylic acids is 1. The number of hydrogen-bond donors (Lipinski definition) is 6. The Hall–Kier alpha value is -1.95. The molecule has 25 heavy (non-hydrogen) atoms. The van der Waals surface area contributed by atoms with Gasteiger partial charge < -0.3 is 44.8 Å². The second kappa shape index (κ2) is 7.95. The number of carbonyl (C=O) groups is 1. The third-order valence-corrected chi connectivity index (χ3v) is 3.85. The first-order valence-electron chi connectivity index (χ1n) is 7.36. The topological polar surface area (TPSA) is 166 Å². The van der Waals surface area contributed by atoms with Gasteiger partial charge in [-0.15, -0.1) is 0 Å². The maximum absolute atomic E-state index is 11.1. The fourth-order valence-corrected chi connectivity index (χ4v) is 2.47. The fourth-order valence-electron chi connectivity index (χ4n) is 2.47. The molecule has 5 atom stereocenters. The molecule has 0 bridgehead atoms. The van der Waals surface area contributed by atoms with Crippen LogP contribution in [-0.2, 0) is 11.3 Å². The maximum Gasteiger partial charge on any atom is 0.335 e. The molecule has 140 valence electrons. The smallest absolute Gasteiger partial charge is 0.335 e. The Bertz CT molecular complexity index is 591. The van der Waals surface area contributed by atoms with Crippen molar-refractivity contribution in [2.75, 3.05) is 13.7 Å². The molecular formula is C15H20O10. The molecule has 1 aromatic carbocycles. The predicted octanol–water partition coefficient (Wildman–Crippen LogP) is -1.94. The summed E-state index contributed by atoms with van der Waals surface area (Å²) in [5.41, 5.74) is -0.101. The highest BCUT2D eigenvalue weighted by molar-refractivity contribution is 5.89. The van der Waals surface area contributed by atoms with Gasteiger partial charge in [0.05, 0.1) is 25.9 Å². The Labute approximate surface area is 142 Å².